The number of amides is 1. The third-order valence-corrected chi connectivity index (χ3v) is 7.36. The predicted molar refractivity (Wildman–Crippen MR) is 124 cm³/mol. The number of hydrogen-bond donors (Lipinski definition) is 1. The molecule has 1 fully saturated rings. The van der Waals surface area contributed by atoms with Crippen LogP contribution in [0.5, 0.6) is 0 Å². The molecule has 0 unspecified atom stereocenters. The van der Waals surface area contributed by atoms with Crippen molar-refractivity contribution in [2.45, 2.75) is 18.4 Å². The van der Waals surface area contributed by atoms with Crippen LogP contribution < -0.4 is 10.2 Å². The SMILES string of the molecule is CCn1ncc2ccc(NC(=O)c3cc(S(=O)(=O)N(C)C)ccc3N3CCOCC3)cc21. The van der Waals surface area contributed by atoms with Crippen molar-refractivity contribution in [3.8, 4) is 0 Å². The largest absolute Gasteiger partial charge is 0.378 e. The van der Waals surface area contributed by atoms with Gasteiger partial charge in [-0.1, -0.05) is 0 Å². The van der Waals surface area contributed by atoms with E-state index in [4.69, 9.17) is 4.74 Å². The van der Waals surface area contributed by atoms with Crippen LogP contribution in [0.2, 0.25) is 0 Å². The summed E-state index contributed by atoms with van der Waals surface area (Å²) in [6.07, 6.45) is 1.79. The lowest BCUT2D eigenvalue weighted by Crippen LogP contribution is -2.37. The molecule has 1 aliphatic rings. The average molecular weight is 458 g/mol. The number of ether oxygens (including phenoxy) is 1. The summed E-state index contributed by atoms with van der Waals surface area (Å²) in [6.45, 7) is 5.08. The van der Waals surface area contributed by atoms with E-state index in [1.807, 2.05) is 34.7 Å². The van der Waals surface area contributed by atoms with Crippen molar-refractivity contribution in [3.63, 3.8) is 0 Å². The fourth-order valence-corrected chi connectivity index (χ4v) is 4.68. The summed E-state index contributed by atoms with van der Waals surface area (Å²) >= 11 is 0. The maximum absolute atomic E-state index is 13.4. The van der Waals surface area contributed by atoms with E-state index >= 15 is 0 Å². The van der Waals surface area contributed by atoms with Gasteiger partial charge in [0.2, 0.25) is 10.0 Å². The minimum atomic E-state index is -3.69. The fraction of sp³-hybridized carbons (Fsp3) is 0.364. The highest BCUT2D eigenvalue weighted by Gasteiger charge is 2.24. The number of nitrogens with zero attached hydrogens (tertiary/aromatic N) is 4. The number of benzene rings is 2. The molecule has 1 amide bonds. The van der Waals surface area contributed by atoms with E-state index in [-0.39, 0.29) is 10.8 Å². The van der Waals surface area contributed by atoms with Crippen molar-refractivity contribution in [3.05, 3.63) is 48.2 Å². The number of sulfonamides is 1. The minimum Gasteiger partial charge on any atom is -0.378 e. The zero-order valence-electron chi connectivity index (χ0n) is 18.4. The Kier molecular flexibility index (Phi) is 6.18. The number of aryl methyl sites for hydroxylation is 1. The van der Waals surface area contributed by atoms with E-state index in [9.17, 15) is 13.2 Å². The smallest absolute Gasteiger partial charge is 0.257 e. The van der Waals surface area contributed by atoms with Crippen molar-refractivity contribution in [1.82, 2.24) is 14.1 Å². The number of carbonyl (C=O) groups excluding carboxylic acids is 1. The average Bonchev–Trinajstić information content (AvgIpc) is 3.21. The first-order chi connectivity index (χ1) is 15.3. The predicted octanol–water partition coefficient (Wildman–Crippen LogP) is 2.40. The van der Waals surface area contributed by atoms with Crippen molar-refractivity contribution < 1.29 is 17.9 Å². The number of aromatic nitrogens is 2. The molecule has 0 saturated carbocycles. The first-order valence-corrected chi connectivity index (χ1v) is 11.9. The summed E-state index contributed by atoms with van der Waals surface area (Å²) in [6, 6.07) is 10.3. The summed E-state index contributed by atoms with van der Waals surface area (Å²) in [7, 11) is -0.746. The van der Waals surface area contributed by atoms with Crippen LogP contribution in [0.1, 0.15) is 17.3 Å². The third kappa shape index (κ3) is 4.21. The van der Waals surface area contributed by atoms with E-state index < -0.39 is 10.0 Å². The van der Waals surface area contributed by atoms with Gasteiger partial charge in [0, 0.05) is 50.5 Å². The van der Waals surface area contributed by atoms with Gasteiger partial charge < -0.3 is 15.0 Å². The molecule has 32 heavy (non-hydrogen) atoms. The molecule has 1 N–H and O–H groups in total. The lowest BCUT2D eigenvalue weighted by atomic mass is 10.1. The Morgan fingerprint density at radius 3 is 2.59 bits per heavy atom. The van der Waals surface area contributed by atoms with Crippen LogP contribution in [0.15, 0.2) is 47.5 Å². The van der Waals surface area contributed by atoms with Gasteiger partial charge in [-0.05, 0) is 43.3 Å². The molecule has 1 aromatic heterocycles. The van der Waals surface area contributed by atoms with Crippen LogP contribution in [-0.4, -0.2) is 68.8 Å². The van der Waals surface area contributed by atoms with Crippen LogP contribution in [0.4, 0.5) is 11.4 Å². The Bertz CT molecular complexity index is 1250. The molecule has 1 saturated heterocycles. The van der Waals surface area contributed by atoms with Crippen molar-refractivity contribution in [2.75, 3.05) is 50.6 Å². The topological polar surface area (TPSA) is 96.8 Å². The summed E-state index contributed by atoms with van der Waals surface area (Å²) in [5.74, 6) is -0.371. The third-order valence-electron chi connectivity index (χ3n) is 5.55. The number of anilines is 2. The molecule has 2 heterocycles. The maximum Gasteiger partial charge on any atom is 0.257 e. The summed E-state index contributed by atoms with van der Waals surface area (Å²) in [4.78, 5) is 15.5. The number of carbonyl (C=O) groups is 1. The first-order valence-electron chi connectivity index (χ1n) is 10.5. The van der Waals surface area contributed by atoms with Crippen LogP contribution in [0.3, 0.4) is 0 Å². The molecule has 0 bridgehead atoms. The quantitative estimate of drug-likeness (QED) is 0.611. The molecule has 0 aliphatic carbocycles. The van der Waals surface area contributed by atoms with Gasteiger partial charge in [0.15, 0.2) is 0 Å². The molecule has 1 aliphatic heterocycles. The van der Waals surface area contributed by atoms with Gasteiger partial charge in [0.1, 0.15) is 0 Å². The van der Waals surface area contributed by atoms with Gasteiger partial charge in [0.25, 0.3) is 5.91 Å². The lowest BCUT2D eigenvalue weighted by molar-refractivity contribution is 0.102. The highest BCUT2D eigenvalue weighted by molar-refractivity contribution is 7.89. The number of morpholine rings is 1. The van der Waals surface area contributed by atoms with E-state index in [0.717, 1.165) is 15.2 Å². The number of fused-ring (bicyclic) bond motifs is 1. The van der Waals surface area contributed by atoms with E-state index in [1.54, 1.807) is 18.3 Å². The Hall–Kier alpha value is -2.95. The molecule has 0 atom stereocenters. The van der Waals surface area contributed by atoms with Crippen LogP contribution >= 0.6 is 0 Å². The second-order valence-electron chi connectivity index (χ2n) is 7.75. The molecule has 10 heteroatoms. The van der Waals surface area contributed by atoms with Crippen LogP contribution in [-0.2, 0) is 21.3 Å². The normalized spacial score (nSPS) is 14.8. The van der Waals surface area contributed by atoms with Crippen LogP contribution in [0, 0.1) is 0 Å². The monoisotopic (exact) mass is 457 g/mol. The maximum atomic E-state index is 13.4. The van der Waals surface area contributed by atoms with Gasteiger partial charge in [0.05, 0.1) is 35.4 Å². The second kappa shape index (κ2) is 8.89. The zero-order valence-corrected chi connectivity index (χ0v) is 19.2. The first kappa shape index (κ1) is 22.3. The minimum absolute atomic E-state index is 0.0733. The summed E-state index contributed by atoms with van der Waals surface area (Å²) in [5, 5.41) is 8.25. The molecule has 0 radical (unpaired) electrons. The van der Waals surface area contributed by atoms with Gasteiger partial charge in [-0.15, -0.1) is 0 Å². The molecular formula is C22H27N5O4S. The fourth-order valence-electron chi connectivity index (χ4n) is 3.75. The number of rotatable bonds is 6. The van der Waals surface area contributed by atoms with Crippen LogP contribution in [0.25, 0.3) is 10.9 Å². The highest BCUT2D eigenvalue weighted by Crippen LogP contribution is 2.28. The van der Waals surface area contributed by atoms with E-state index in [2.05, 4.69) is 10.4 Å². The Morgan fingerprint density at radius 1 is 1.16 bits per heavy atom. The summed E-state index contributed by atoms with van der Waals surface area (Å²) in [5.41, 5.74) is 2.52. The van der Waals surface area contributed by atoms with Crippen molar-refractivity contribution in [2.24, 2.45) is 0 Å². The van der Waals surface area contributed by atoms with E-state index in [0.29, 0.717) is 49.8 Å². The van der Waals surface area contributed by atoms with E-state index in [1.165, 1.54) is 20.2 Å². The Labute approximate surface area is 187 Å². The molecule has 2 aromatic carbocycles. The van der Waals surface area contributed by atoms with Gasteiger partial charge in [-0.25, -0.2) is 12.7 Å². The second-order valence-corrected chi connectivity index (χ2v) is 9.91. The Balaban J connectivity index is 1.73. The zero-order chi connectivity index (χ0) is 22.9. The molecule has 4 rings (SSSR count). The van der Waals surface area contributed by atoms with Gasteiger partial charge >= 0.3 is 0 Å². The molecule has 0 spiro atoms. The number of nitrogens with one attached hydrogen (secondary N) is 1. The number of hydrogen-bond acceptors (Lipinski definition) is 6. The molecular weight excluding hydrogens is 430 g/mol. The standard InChI is InChI=1S/C22H27N5O4S/c1-4-27-21-13-17(6-5-16(21)15-23-27)24-22(28)19-14-18(32(29,30)25(2)3)7-8-20(19)26-9-11-31-12-10-26/h5-8,13-15H,4,9-12H2,1-3H3,(H,24,28). The lowest BCUT2D eigenvalue weighted by Gasteiger charge is -2.30. The van der Waals surface area contributed by atoms with Gasteiger partial charge in [-0.3, -0.25) is 9.48 Å². The highest BCUT2D eigenvalue weighted by atomic mass is 32.2. The summed E-state index contributed by atoms with van der Waals surface area (Å²) < 4.78 is 33.8. The molecule has 3 aromatic rings. The van der Waals surface area contributed by atoms with Crippen molar-refractivity contribution >= 4 is 38.2 Å². The molecule has 170 valence electrons. The van der Waals surface area contributed by atoms with Crippen molar-refractivity contribution in [1.29, 1.82) is 0 Å². The Morgan fingerprint density at radius 2 is 1.91 bits per heavy atom. The molecule has 9 nitrogen and oxygen atoms in total. The van der Waals surface area contributed by atoms with Gasteiger partial charge in [-0.2, -0.15) is 5.10 Å².